The van der Waals surface area contributed by atoms with Crippen LogP contribution in [0.25, 0.3) is 11.0 Å². The van der Waals surface area contributed by atoms with Gasteiger partial charge in [-0.15, -0.1) is 11.3 Å². The molecule has 0 aliphatic carbocycles. The molecule has 0 saturated heterocycles. The van der Waals surface area contributed by atoms with Gasteiger partial charge >= 0.3 is 5.97 Å². The highest BCUT2D eigenvalue weighted by atomic mass is 32.1. The minimum atomic E-state index is -1.10. The van der Waals surface area contributed by atoms with Crippen LogP contribution in [0.5, 0.6) is 5.75 Å². The second-order valence-corrected chi connectivity index (χ2v) is 5.89. The number of carbonyl (C=O) groups is 1. The van der Waals surface area contributed by atoms with E-state index in [4.69, 9.17) is 9.15 Å². The van der Waals surface area contributed by atoms with Crippen LogP contribution in [0.3, 0.4) is 0 Å². The molecule has 0 aliphatic rings. The molecule has 6 nitrogen and oxygen atoms in total. The highest BCUT2D eigenvalue weighted by Gasteiger charge is 2.21. The van der Waals surface area contributed by atoms with Crippen LogP contribution in [0, 0.1) is 25.2 Å². The average molecular weight is 328 g/mol. The maximum Gasteiger partial charge on any atom is 0.339 e. The topological polar surface area (TPSA) is 96.4 Å². The Morgan fingerprint density at radius 1 is 1.48 bits per heavy atom. The largest absolute Gasteiger partial charge is 0.488 e. The van der Waals surface area contributed by atoms with Crippen LogP contribution >= 0.6 is 11.3 Å². The molecule has 116 valence electrons. The number of nitriles is 1. The van der Waals surface area contributed by atoms with Crippen molar-refractivity contribution >= 4 is 28.3 Å². The number of benzene rings is 1. The summed E-state index contributed by atoms with van der Waals surface area (Å²) in [5.41, 5.74) is 3.19. The lowest BCUT2D eigenvalue weighted by Gasteiger charge is -2.06. The monoisotopic (exact) mass is 328 g/mol. The molecule has 2 aromatic heterocycles. The summed E-state index contributed by atoms with van der Waals surface area (Å²) in [4.78, 5) is 16.5. The summed E-state index contributed by atoms with van der Waals surface area (Å²) >= 11 is 1.48. The van der Waals surface area contributed by atoms with Gasteiger partial charge in [0, 0.05) is 11.5 Å². The SMILES string of the molecule is Cc1ncsc1COc1cc(C#N)c2oc(C)c(C(=O)O)c2c1. The van der Waals surface area contributed by atoms with Crippen LogP contribution in [-0.4, -0.2) is 16.1 Å². The van der Waals surface area contributed by atoms with E-state index in [2.05, 4.69) is 4.98 Å². The maximum atomic E-state index is 11.4. The average Bonchev–Trinajstić information content (AvgIpc) is 3.06. The minimum Gasteiger partial charge on any atom is -0.488 e. The molecule has 0 bridgehead atoms. The third-order valence-electron chi connectivity index (χ3n) is 3.49. The molecule has 1 N–H and O–H groups in total. The number of ether oxygens (including phenoxy) is 1. The fourth-order valence-corrected chi connectivity index (χ4v) is 3.03. The van der Waals surface area contributed by atoms with E-state index < -0.39 is 5.97 Å². The Balaban J connectivity index is 2.04. The van der Waals surface area contributed by atoms with Gasteiger partial charge in [-0.2, -0.15) is 5.26 Å². The van der Waals surface area contributed by atoms with Gasteiger partial charge in [0.25, 0.3) is 0 Å². The molecule has 3 rings (SSSR count). The molecular weight excluding hydrogens is 316 g/mol. The third-order valence-corrected chi connectivity index (χ3v) is 4.40. The summed E-state index contributed by atoms with van der Waals surface area (Å²) in [6.45, 7) is 3.76. The number of hydrogen-bond donors (Lipinski definition) is 1. The molecule has 0 radical (unpaired) electrons. The highest BCUT2D eigenvalue weighted by Crippen LogP contribution is 2.32. The molecule has 0 spiro atoms. The van der Waals surface area contributed by atoms with Crippen LogP contribution < -0.4 is 4.74 Å². The molecule has 23 heavy (non-hydrogen) atoms. The summed E-state index contributed by atoms with van der Waals surface area (Å²) < 4.78 is 11.2. The Kier molecular flexibility index (Phi) is 3.76. The van der Waals surface area contributed by atoms with Crippen molar-refractivity contribution in [1.29, 1.82) is 5.26 Å². The van der Waals surface area contributed by atoms with Gasteiger partial charge in [0.2, 0.25) is 0 Å². The van der Waals surface area contributed by atoms with E-state index >= 15 is 0 Å². The van der Waals surface area contributed by atoms with Crippen molar-refractivity contribution in [2.75, 3.05) is 0 Å². The van der Waals surface area contributed by atoms with Gasteiger partial charge in [-0.25, -0.2) is 9.78 Å². The van der Waals surface area contributed by atoms with Crippen LogP contribution in [0.1, 0.15) is 32.3 Å². The first-order valence-electron chi connectivity index (χ1n) is 6.73. The Morgan fingerprint density at radius 2 is 2.26 bits per heavy atom. The number of aromatic nitrogens is 1. The lowest BCUT2D eigenvalue weighted by molar-refractivity contribution is 0.0697. The Hall–Kier alpha value is -2.85. The van der Waals surface area contributed by atoms with Gasteiger partial charge < -0.3 is 14.3 Å². The van der Waals surface area contributed by atoms with Crippen molar-refractivity contribution in [3.63, 3.8) is 0 Å². The summed E-state index contributed by atoms with van der Waals surface area (Å²) in [6, 6.07) is 5.16. The zero-order chi connectivity index (χ0) is 16.6. The molecule has 0 fully saturated rings. The van der Waals surface area contributed by atoms with Gasteiger partial charge in [0.1, 0.15) is 29.7 Å². The van der Waals surface area contributed by atoms with Crippen molar-refractivity contribution in [3.8, 4) is 11.8 Å². The van der Waals surface area contributed by atoms with E-state index in [0.29, 0.717) is 17.7 Å². The zero-order valence-electron chi connectivity index (χ0n) is 12.4. The molecule has 3 aromatic rings. The first-order valence-corrected chi connectivity index (χ1v) is 7.61. The standard InChI is InChI=1S/C16H12N2O4S/c1-8-13(23-7-18-8)6-21-11-3-10(5-17)15-12(4-11)14(16(19)20)9(2)22-15/h3-4,7H,6H2,1-2H3,(H,19,20). The molecule has 1 aromatic carbocycles. The molecule has 2 heterocycles. The van der Waals surface area contributed by atoms with Crippen molar-refractivity contribution in [2.24, 2.45) is 0 Å². The first kappa shape index (κ1) is 15.1. The van der Waals surface area contributed by atoms with E-state index in [-0.39, 0.29) is 22.5 Å². The fourth-order valence-electron chi connectivity index (χ4n) is 2.34. The maximum absolute atomic E-state index is 11.4. The second-order valence-electron chi connectivity index (χ2n) is 4.95. The highest BCUT2D eigenvalue weighted by molar-refractivity contribution is 7.09. The number of nitrogens with zero attached hydrogens (tertiary/aromatic N) is 2. The van der Waals surface area contributed by atoms with E-state index in [9.17, 15) is 15.2 Å². The Morgan fingerprint density at radius 3 is 2.87 bits per heavy atom. The fraction of sp³-hybridized carbons (Fsp3) is 0.188. The number of rotatable bonds is 4. The Bertz CT molecular complexity index is 949. The van der Waals surface area contributed by atoms with E-state index in [1.165, 1.54) is 11.3 Å². The molecule has 0 amide bonds. The summed E-state index contributed by atoms with van der Waals surface area (Å²) in [6.07, 6.45) is 0. The number of hydrogen-bond acceptors (Lipinski definition) is 6. The number of furan rings is 1. The smallest absolute Gasteiger partial charge is 0.339 e. The number of fused-ring (bicyclic) bond motifs is 1. The molecule has 0 atom stereocenters. The van der Waals surface area contributed by atoms with Crippen LogP contribution in [-0.2, 0) is 6.61 Å². The first-order chi connectivity index (χ1) is 11.0. The van der Waals surface area contributed by atoms with Crippen molar-refractivity contribution in [2.45, 2.75) is 20.5 Å². The molecular formula is C16H12N2O4S. The predicted molar refractivity (Wildman–Crippen MR) is 83.8 cm³/mol. The Labute approximate surface area is 135 Å². The van der Waals surface area contributed by atoms with Crippen LogP contribution in [0.2, 0.25) is 0 Å². The van der Waals surface area contributed by atoms with Gasteiger partial charge in [-0.1, -0.05) is 0 Å². The summed E-state index contributed by atoms with van der Waals surface area (Å²) in [5, 5.41) is 19.0. The number of carboxylic acid groups (broad SMARTS) is 1. The quantitative estimate of drug-likeness (QED) is 0.785. The van der Waals surface area contributed by atoms with Gasteiger partial charge in [-0.3, -0.25) is 0 Å². The number of aromatic carboxylic acids is 1. The minimum absolute atomic E-state index is 0.0518. The third kappa shape index (κ3) is 2.64. The number of thiazole rings is 1. The van der Waals surface area contributed by atoms with Crippen LogP contribution in [0.4, 0.5) is 0 Å². The summed E-state index contributed by atoms with van der Waals surface area (Å²) in [7, 11) is 0. The molecule has 0 aliphatic heterocycles. The molecule has 0 unspecified atom stereocenters. The van der Waals surface area contributed by atoms with E-state index in [0.717, 1.165) is 10.6 Å². The van der Waals surface area contributed by atoms with E-state index in [1.54, 1.807) is 24.6 Å². The number of aryl methyl sites for hydroxylation is 2. The van der Waals surface area contributed by atoms with Crippen molar-refractivity contribution in [1.82, 2.24) is 4.98 Å². The zero-order valence-corrected chi connectivity index (χ0v) is 13.2. The normalized spacial score (nSPS) is 10.7. The van der Waals surface area contributed by atoms with Crippen molar-refractivity contribution in [3.05, 3.63) is 45.1 Å². The van der Waals surface area contributed by atoms with Gasteiger partial charge in [0.15, 0.2) is 5.58 Å². The summed E-state index contributed by atoms with van der Waals surface area (Å²) in [5.74, 6) is -0.412. The molecule has 0 saturated carbocycles. The van der Waals surface area contributed by atoms with Crippen LogP contribution in [0.15, 0.2) is 22.1 Å². The van der Waals surface area contributed by atoms with E-state index in [1.807, 2.05) is 13.0 Å². The molecule has 7 heteroatoms. The van der Waals surface area contributed by atoms with Gasteiger partial charge in [0.05, 0.1) is 21.6 Å². The number of carboxylic acids is 1. The lowest BCUT2D eigenvalue weighted by Crippen LogP contribution is -1.98. The lowest BCUT2D eigenvalue weighted by atomic mass is 10.1. The van der Waals surface area contributed by atoms with Gasteiger partial charge in [-0.05, 0) is 19.9 Å². The second kappa shape index (κ2) is 5.74. The predicted octanol–water partition coefficient (Wildman–Crippen LogP) is 3.66. The van der Waals surface area contributed by atoms with Crippen molar-refractivity contribution < 1.29 is 19.1 Å².